The average molecular weight is 285 g/mol. The summed E-state index contributed by atoms with van der Waals surface area (Å²) in [7, 11) is 0. The molecule has 2 rings (SSSR count). The van der Waals surface area contributed by atoms with Crippen molar-refractivity contribution in [3.05, 3.63) is 48.0 Å². The van der Waals surface area contributed by atoms with Crippen LogP contribution in [0.25, 0.3) is 10.8 Å². The summed E-state index contributed by atoms with van der Waals surface area (Å²) < 4.78 is 0. The van der Waals surface area contributed by atoms with Gasteiger partial charge in [0.1, 0.15) is 0 Å². The molecular weight excluding hydrogens is 266 g/mol. The van der Waals surface area contributed by atoms with Crippen molar-refractivity contribution in [1.29, 1.82) is 0 Å². The standard InChI is InChI=1S/C17H19NO3/c1-12(10-17(20)21)18-16(19)9-7-13-6-8-14-4-2-3-5-15(14)11-13/h2-6,8,11-12H,7,9-10H2,1H3,(H,18,19)(H,20,21). The van der Waals surface area contributed by atoms with Crippen molar-refractivity contribution in [1.82, 2.24) is 5.32 Å². The molecule has 21 heavy (non-hydrogen) atoms. The summed E-state index contributed by atoms with van der Waals surface area (Å²) in [5.41, 5.74) is 1.11. The van der Waals surface area contributed by atoms with Gasteiger partial charge < -0.3 is 10.4 Å². The molecule has 0 heterocycles. The highest BCUT2D eigenvalue weighted by Crippen LogP contribution is 2.16. The number of aliphatic carboxylic acids is 1. The number of rotatable bonds is 6. The molecule has 0 bridgehead atoms. The molecular formula is C17H19NO3. The van der Waals surface area contributed by atoms with Crippen LogP contribution >= 0.6 is 0 Å². The maximum absolute atomic E-state index is 11.8. The van der Waals surface area contributed by atoms with Gasteiger partial charge in [-0.25, -0.2) is 0 Å². The zero-order chi connectivity index (χ0) is 15.2. The Balaban J connectivity index is 1.89. The molecule has 0 spiro atoms. The lowest BCUT2D eigenvalue weighted by Crippen LogP contribution is -2.34. The van der Waals surface area contributed by atoms with Crippen molar-refractivity contribution < 1.29 is 14.7 Å². The first-order valence-electron chi connectivity index (χ1n) is 7.03. The van der Waals surface area contributed by atoms with Gasteiger partial charge in [-0.15, -0.1) is 0 Å². The number of carboxylic acid groups (broad SMARTS) is 1. The van der Waals surface area contributed by atoms with Crippen LogP contribution in [0.4, 0.5) is 0 Å². The molecule has 0 aliphatic rings. The van der Waals surface area contributed by atoms with Gasteiger partial charge in [-0.1, -0.05) is 42.5 Å². The molecule has 4 nitrogen and oxygen atoms in total. The predicted octanol–water partition coefficient (Wildman–Crippen LogP) is 2.75. The van der Waals surface area contributed by atoms with Crippen molar-refractivity contribution in [3.63, 3.8) is 0 Å². The Bertz CT molecular complexity index is 651. The lowest BCUT2D eigenvalue weighted by atomic mass is 10.0. The van der Waals surface area contributed by atoms with E-state index >= 15 is 0 Å². The lowest BCUT2D eigenvalue weighted by molar-refractivity contribution is -0.137. The SMILES string of the molecule is CC(CC(=O)O)NC(=O)CCc1ccc2ccccc2c1. The molecule has 0 fully saturated rings. The first-order chi connectivity index (χ1) is 10.0. The molecule has 1 unspecified atom stereocenters. The number of hydrogen-bond donors (Lipinski definition) is 2. The average Bonchev–Trinajstić information content (AvgIpc) is 2.44. The molecule has 0 aromatic heterocycles. The summed E-state index contributed by atoms with van der Waals surface area (Å²) in [6, 6.07) is 13.9. The van der Waals surface area contributed by atoms with Gasteiger partial charge in [0.25, 0.3) is 0 Å². The van der Waals surface area contributed by atoms with E-state index in [2.05, 4.69) is 23.5 Å². The van der Waals surface area contributed by atoms with Crippen LogP contribution in [-0.2, 0) is 16.0 Å². The fourth-order valence-electron chi connectivity index (χ4n) is 2.31. The second-order valence-electron chi connectivity index (χ2n) is 5.25. The molecule has 1 amide bonds. The highest BCUT2D eigenvalue weighted by Gasteiger charge is 2.10. The van der Waals surface area contributed by atoms with Crippen LogP contribution < -0.4 is 5.32 Å². The molecule has 0 saturated heterocycles. The number of nitrogens with one attached hydrogen (secondary N) is 1. The van der Waals surface area contributed by atoms with Crippen LogP contribution in [0.2, 0.25) is 0 Å². The van der Waals surface area contributed by atoms with Gasteiger partial charge in [0.15, 0.2) is 0 Å². The Labute approximate surface area is 123 Å². The van der Waals surface area contributed by atoms with Crippen molar-refractivity contribution >= 4 is 22.6 Å². The molecule has 2 aromatic rings. The minimum absolute atomic E-state index is 0.0539. The maximum Gasteiger partial charge on any atom is 0.305 e. The minimum Gasteiger partial charge on any atom is -0.481 e. The number of amides is 1. The Kier molecular flexibility index (Phi) is 4.93. The van der Waals surface area contributed by atoms with E-state index in [1.807, 2.05) is 24.3 Å². The fraction of sp³-hybridized carbons (Fsp3) is 0.294. The smallest absolute Gasteiger partial charge is 0.305 e. The van der Waals surface area contributed by atoms with Crippen molar-refractivity contribution in [2.24, 2.45) is 0 Å². The van der Waals surface area contributed by atoms with Gasteiger partial charge in [-0.3, -0.25) is 9.59 Å². The Morgan fingerprint density at radius 2 is 1.86 bits per heavy atom. The number of carboxylic acids is 1. The molecule has 0 saturated carbocycles. The van der Waals surface area contributed by atoms with Gasteiger partial charge in [-0.05, 0) is 29.7 Å². The van der Waals surface area contributed by atoms with E-state index in [4.69, 9.17) is 5.11 Å². The molecule has 0 aliphatic carbocycles. The predicted molar refractivity (Wildman–Crippen MR) is 82.1 cm³/mol. The quantitative estimate of drug-likeness (QED) is 0.857. The van der Waals surface area contributed by atoms with Crippen LogP contribution in [0.1, 0.15) is 25.3 Å². The van der Waals surface area contributed by atoms with Crippen molar-refractivity contribution in [2.75, 3.05) is 0 Å². The Hall–Kier alpha value is -2.36. The van der Waals surface area contributed by atoms with Crippen molar-refractivity contribution in [2.45, 2.75) is 32.2 Å². The summed E-state index contributed by atoms with van der Waals surface area (Å²) in [6.07, 6.45) is 0.959. The van der Waals surface area contributed by atoms with Gasteiger partial charge in [0.05, 0.1) is 6.42 Å². The zero-order valence-electron chi connectivity index (χ0n) is 12.0. The van der Waals surface area contributed by atoms with E-state index in [-0.39, 0.29) is 18.4 Å². The molecule has 4 heteroatoms. The molecule has 0 aliphatic heterocycles. The lowest BCUT2D eigenvalue weighted by Gasteiger charge is -2.11. The Morgan fingerprint density at radius 3 is 2.57 bits per heavy atom. The number of benzene rings is 2. The number of carbonyl (C=O) groups excluding carboxylic acids is 1. The summed E-state index contributed by atoms with van der Waals surface area (Å²) in [6.45, 7) is 1.70. The molecule has 1 atom stereocenters. The second kappa shape index (κ2) is 6.88. The normalized spacial score (nSPS) is 12.0. The Morgan fingerprint density at radius 1 is 1.14 bits per heavy atom. The van der Waals surface area contributed by atoms with Gasteiger partial charge in [0, 0.05) is 12.5 Å². The second-order valence-corrected chi connectivity index (χ2v) is 5.25. The third-order valence-electron chi connectivity index (χ3n) is 3.34. The molecule has 110 valence electrons. The molecule has 2 N–H and O–H groups in total. The van der Waals surface area contributed by atoms with Crippen LogP contribution in [0, 0.1) is 0 Å². The van der Waals surface area contributed by atoms with E-state index in [1.54, 1.807) is 6.92 Å². The largest absolute Gasteiger partial charge is 0.481 e. The van der Waals surface area contributed by atoms with E-state index in [0.717, 1.165) is 10.9 Å². The first kappa shape index (κ1) is 15.0. The van der Waals surface area contributed by atoms with Gasteiger partial charge in [-0.2, -0.15) is 0 Å². The number of carbonyl (C=O) groups is 2. The monoisotopic (exact) mass is 285 g/mol. The van der Waals surface area contributed by atoms with Crippen LogP contribution in [0.15, 0.2) is 42.5 Å². The van der Waals surface area contributed by atoms with E-state index in [1.165, 1.54) is 5.39 Å². The minimum atomic E-state index is -0.905. The van der Waals surface area contributed by atoms with Crippen LogP contribution in [0.3, 0.4) is 0 Å². The third-order valence-corrected chi connectivity index (χ3v) is 3.34. The fourth-order valence-corrected chi connectivity index (χ4v) is 2.31. The first-order valence-corrected chi connectivity index (χ1v) is 7.03. The third kappa shape index (κ3) is 4.60. The van der Waals surface area contributed by atoms with Gasteiger partial charge in [0.2, 0.25) is 5.91 Å². The van der Waals surface area contributed by atoms with Crippen LogP contribution in [-0.4, -0.2) is 23.0 Å². The van der Waals surface area contributed by atoms with Crippen molar-refractivity contribution in [3.8, 4) is 0 Å². The van der Waals surface area contributed by atoms with E-state index < -0.39 is 5.97 Å². The number of aryl methyl sites for hydroxylation is 1. The maximum atomic E-state index is 11.8. The molecule has 0 radical (unpaired) electrons. The summed E-state index contributed by atoms with van der Waals surface area (Å²) in [4.78, 5) is 22.3. The molecule has 2 aromatic carbocycles. The van der Waals surface area contributed by atoms with Crippen LogP contribution in [0.5, 0.6) is 0 Å². The number of hydrogen-bond acceptors (Lipinski definition) is 2. The summed E-state index contributed by atoms with van der Waals surface area (Å²) >= 11 is 0. The van der Waals surface area contributed by atoms with E-state index in [9.17, 15) is 9.59 Å². The highest BCUT2D eigenvalue weighted by molar-refractivity contribution is 5.83. The summed E-state index contributed by atoms with van der Waals surface area (Å²) in [5, 5.41) is 13.7. The van der Waals surface area contributed by atoms with Gasteiger partial charge >= 0.3 is 5.97 Å². The highest BCUT2D eigenvalue weighted by atomic mass is 16.4. The summed E-state index contributed by atoms with van der Waals surface area (Å²) in [5.74, 6) is -1.02. The topological polar surface area (TPSA) is 66.4 Å². The zero-order valence-corrected chi connectivity index (χ0v) is 12.0. The van der Waals surface area contributed by atoms with E-state index in [0.29, 0.717) is 12.8 Å². The number of fused-ring (bicyclic) bond motifs is 1.